The zero-order valence-corrected chi connectivity index (χ0v) is 16.7. The van der Waals surface area contributed by atoms with E-state index in [0.717, 1.165) is 27.3 Å². The van der Waals surface area contributed by atoms with Crippen LogP contribution in [0.25, 0.3) is 21.7 Å². The van der Waals surface area contributed by atoms with Crippen molar-refractivity contribution in [3.05, 3.63) is 88.3 Å². The number of hydrogen-bond acceptors (Lipinski definition) is 4. The molecule has 0 aliphatic heterocycles. The Morgan fingerprint density at radius 2 is 1.93 bits per heavy atom. The average Bonchev–Trinajstić information content (AvgIpc) is 3.23. The highest BCUT2D eigenvalue weighted by atomic mass is 35.5. The number of thiazole rings is 1. The van der Waals surface area contributed by atoms with Crippen molar-refractivity contribution in [2.24, 2.45) is 0 Å². The van der Waals surface area contributed by atoms with Gasteiger partial charge in [-0.3, -0.25) is 0 Å². The first-order chi connectivity index (χ1) is 13.6. The number of benzene rings is 2. The van der Waals surface area contributed by atoms with Crippen molar-refractivity contribution in [1.82, 2.24) is 9.97 Å². The van der Waals surface area contributed by atoms with E-state index >= 15 is 0 Å². The highest BCUT2D eigenvalue weighted by Crippen LogP contribution is 2.33. The minimum atomic E-state index is -0.213. The van der Waals surface area contributed by atoms with E-state index in [1.54, 1.807) is 29.8 Å². The Hall–Kier alpha value is -2.76. The van der Waals surface area contributed by atoms with Gasteiger partial charge < -0.3 is 5.32 Å². The standard InChI is InChI=1S/C22H17ClFN3S/c1-14-3-2-4-20(24)18(14)13-27-21-8-6-16(12-26-21)17-11-15(5-7-19(17)23)22-25-9-10-28-22/h2-12H,13H2,1H3,(H,26,27). The van der Waals surface area contributed by atoms with Gasteiger partial charge in [0.2, 0.25) is 0 Å². The summed E-state index contributed by atoms with van der Waals surface area (Å²) in [4.78, 5) is 8.81. The molecule has 0 saturated heterocycles. The van der Waals surface area contributed by atoms with Crippen LogP contribution in [-0.2, 0) is 6.54 Å². The Bertz CT molecular complexity index is 1080. The minimum absolute atomic E-state index is 0.213. The van der Waals surface area contributed by atoms with E-state index in [1.165, 1.54) is 6.07 Å². The zero-order valence-electron chi connectivity index (χ0n) is 15.1. The lowest BCUT2D eigenvalue weighted by atomic mass is 10.0. The molecular weight excluding hydrogens is 393 g/mol. The smallest absolute Gasteiger partial charge is 0.128 e. The third-order valence-electron chi connectivity index (χ3n) is 4.52. The number of aryl methyl sites for hydroxylation is 1. The summed E-state index contributed by atoms with van der Waals surface area (Å²) in [5.41, 5.74) is 4.39. The molecule has 0 saturated carbocycles. The molecule has 2 aromatic carbocycles. The first-order valence-corrected chi connectivity index (χ1v) is 10.0. The molecule has 4 aromatic rings. The topological polar surface area (TPSA) is 37.8 Å². The molecule has 28 heavy (non-hydrogen) atoms. The number of anilines is 1. The summed E-state index contributed by atoms with van der Waals surface area (Å²) in [5.74, 6) is 0.466. The van der Waals surface area contributed by atoms with Gasteiger partial charge in [-0.2, -0.15) is 0 Å². The normalized spacial score (nSPS) is 10.8. The van der Waals surface area contributed by atoms with Crippen molar-refractivity contribution in [3.8, 4) is 21.7 Å². The maximum absolute atomic E-state index is 14.0. The lowest BCUT2D eigenvalue weighted by molar-refractivity contribution is 0.611. The van der Waals surface area contributed by atoms with Gasteiger partial charge in [-0.15, -0.1) is 11.3 Å². The quantitative estimate of drug-likeness (QED) is 0.404. The van der Waals surface area contributed by atoms with Crippen LogP contribution in [0.2, 0.25) is 5.02 Å². The number of aromatic nitrogens is 2. The Kier molecular flexibility index (Phi) is 5.37. The van der Waals surface area contributed by atoms with Gasteiger partial charge in [0.25, 0.3) is 0 Å². The molecule has 0 fully saturated rings. The molecule has 0 atom stereocenters. The lowest BCUT2D eigenvalue weighted by Crippen LogP contribution is -2.05. The van der Waals surface area contributed by atoms with Crippen molar-refractivity contribution in [2.75, 3.05) is 5.32 Å². The van der Waals surface area contributed by atoms with Gasteiger partial charge in [-0.1, -0.05) is 29.8 Å². The summed E-state index contributed by atoms with van der Waals surface area (Å²) in [7, 11) is 0. The highest BCUT2D eigenvalue weighted by molar-refractivity contribution is 7.13. The van der Waals surface area contributed by atoms with Crippen molar-refractivity contribution in [3.63, 3.8) is 0 Å². The summed E-state index contributed by atoms with van der Waals surface area (Å²) in [6.07, 6.45) is 3.55. The molecule has 0 unspecified atom stereocenters. The third kappa shape index (κ3) is 3.91. The van der Waals surface area contributed by atoms with Gasteiger partial charge in [-0.05, 0) is 42.8 Å². The molecule has 0 amide bonds. The van der Waals surface area contributed by atoms with Gasteiger partial charge in [0.1, 0.15) is 16.6 Å². The molecule has 0 radical (unpaired) electrons. The summed E-state index contributed by atoms with van der Waals surface area (Å²) < 4.78 is 14.0. The van der Waals surface area contributed by atoms with Crippen molar-refractivity contribution in [2.45, 2.75) is 13.5 Å². The van der Waals surface area contributed by atoms with Crippen LogP contribution in [0, 0.1) is 12.7 Å². The Balaban J connectivity index is 1.54. The summed E-state index contributed by atoms with van der Waals surface area (Å²) in [5, 5.41) is 6.73. The maximum atomic E-state index is 14.0. The van der Waals surface area contributed by atoms with Crippen molar-refractivity contribution < 1.29 is 4.39 Å². The van der Waals surface area contributed by atoms with Crippen molar-refractivity contribution >= 4 is 28.8 Å². The number of pyridine rings is 1. The molecule has 0 aliphatic rings. The van der Waals surface area contributed by atoms with Gasteiger partial charge in [0.05, 0.1) is 0 Å². The largest absolute Gasteiger partial charge is 0.366 e. The van der Waals surface area contributed by atoms with E-state index in [2.05, 4.69) is 15.3 Å². The van der Waals surface area contributed by atoms with Crippen LogP contribution in [0.3, 0.4) is 0 Å². The van der Waals surface area contributed by atoms with Gasteiger partial charge in [-0.25, -0.2) is 14.4 Å². The van der Waals surface area contributed by atoms with E-state index in [-0.39, 0.29) is 5.82 Å². The number of nitrogens with zero attached hydrogens (tertiary/aromatic N) is 2. The fourth-order valence-corrected chi connectivity index (χ4v) is 3.83. The van der Waals surface area contributed by atoms with E-state index in [9.17, 15) is 4.39 Å². The van der Waals surface area contributed by atoms with Gasteiger partial charge in [0, 0.05) is 51.6 Å². The van der Waals surface area contributed by atoms with Crippen molar-refractivity contribution in [1.29, 1.82) is 0 Å². The molecule has 4 rings (SSSR count). The fraction of sp³-hybridized carbons (Fsp3) is 0.0909. The Morgan fingerprint density at radius 1 is 1.07 bits per heavy atom. The first-order valence-electron chi connectivity index (χ1n) is 8.75. The van der Waals surface area contributed by atoms with Crippen LogP contribution in [0.1, 0.15) is 11.1 Å². The fourth-order valence-electron chi connectivity index (χ4n) is 2.97. The molecule has 140 valence electrons. The maximum Gasteiger partial charge on any atom is 0.128 e. The van der Waals surface area contributed by atoms with Crippen LogP contribution < -0.4 is 5.32 Å². The number of hydrogen-bond donors (Lipinski definition) is 1. The van der Waals surface area contributed by atoms with Crippen LogP contribution in [-0.4, -0.2) is 9.97 Å². The molecule has 2 aromatic heterocycles. The summed E-state index contributed by atoms with van der Waals surface area (Å²) >= 11 is 7.99. The highest BCUT2D eigenvalue weighted by Gasteiger charge is 2.09. The van der Waals surface area contributed by atoms with E-state index < -0.39 is 0 Å². The lowest BCUT2D eigenvalue weighted by Gasteiger charge is -2.11. The van der Waals surface area contributed by atoms with Crippen LogP contribution in [0.5, 0.6) is 0 Å². The van der Waals surface area contributed by atoms with Crippen LogP contribution >= 0.6 is 22.9 Å². The SMILES string of the molecule is Cc1cccc(F)c1CNc1ccc(-c2cc(-c3nccs3)ccc2Cl)cn1. The van der Waals surface area contributed by atoms with E-state index in [4.69, 9.17) is 11.6 Å². The van der Waals surface area contributed by atoms with E-state index in [1.807, 2.05) is 48.7 Å². The number of rotatable bonds is 5. The second-order valence-corrected chi connectivity index (χ2v) is 7.65. The minimum Gasteiger partial charge on any atom is -0.366 e. The average molecular weight is 410 g/mol. The number of halogens is 2. The first kappa shape index (κ1) is 18.6. The Labute approximate surface area is 171 Å². The van der Waals surface area contributed by atoms with Gasteiger partial charge >= 0.3 is 0 Å². The second kappa shape index (κ2) is 8.09. The molecule has 1 N–H and O–H groups in total. The molecule has 0 bridgehead atoms. The summed E-state index contributed by atoms with van der Waals surface area (Å²) in [6, 6.07) is 14.8. The number of nitrogens with one attached hydrogen (secondary N) is 1. The molecular formula is C22H17ClFN3S. The monoisotopic (exact) mass is 409 g/mol. The van der Waals surface area contributed by atoms with E-state index in [0.29, 0.717) is 22.9 Å². The molecule has 2 heterocycles. The summed E-state index contributed by atoms with van der Waals surface area (Å²) in [6.45, 7) is 2.28. The molecule has 0 spiro atoms. The van der Waals surface area contributed by atoms with Crippen LogP contribution in [0.4, 0.5) is 10.2 Å². The molecule has 6 heteroatoms. The zero-order chi connectivity index (χ0) is 19.5. The molecule has 3 nitrogen and oxygen atoms in total. The third-order valence-corrected chi connectivity index (χ3v) is 5.67. The predicted molar refractivity (Wildman–Crippen MR) is 114 cm³/mol. The Morgan fingerprint density at radius 3 is 2.64 bits per heavy atom. The predicted octanol–water partition coefficient (Wildman–Crippen LogP) is 6.59. The van der Waals surface area contributed by atoms with Crippen LogP contribution in [0.15, 0.2) is 66.3 Å². The molecule has 0 aliphatic carbocycles. The van der Waals surface area contributed by atoms with Gasteiger partial charge in [0.15, 0.2) is 0 Å². The second-order valence-electron chi connectivity index (χ2n) is 6.35.